The van der Waals surface area contributed by atoms with E-state index in [9.17, 15) is 4.39 Å². The first-order valence-electron chi connectivity index (χ1n) is 6.29. The van der Waals surface area contributed by atoms with Crippen LogP contribution in [0.4, 0.5) is 4.39 Å². The second-order valence-corrected chi connectivity index (χ2v) is 5.53. The molecule has 0 bridgehead atoms. The van der Waals surface area contributed by atoms with Gasteiger partial charge in [0.15, 0.2) is 5.75 Å². The van der Waals surface area contributed by atoms with E-state index in [2.05, 4.69) is 37.9 Å². The summed E-state index contributed by atoms with van der Waals surface area (Å²) in [6.07, 6.45) is 1.40. The van der Waals surface area contributed by atoms with Crippen LogP contribution in [-0.4, -0.2) is 4.98 Å². The zero-order chi connectivity index (χ0) is 13.9. The normalized spacial score (nSPS) is 11.4. The fourth-order valence-electron chi connectivity index (χ4n) is 1.74. The maximum Gasteiger partial charge on any atom is 0.255 e. The molecule has 0 spiro atoms. The Kier molecular flexibility index (Phi) is 3.84. The van der Waals surface area contributed by atoms with Gasteiger partial charge in [0.1, 0.15) is 6.61 Å². The predicted molar refractivity (Wildman–Crippen MR) is 73.7 cm³/mol. The molecule has 0 amide bonds. The quantitative estimate of drug-likeness (QED) is 0.774. The standard InChI is InChI=1S/C16H18FNO/c1-16(2,3)13-8-6-12(7-9-13)11-19-14-5-4-10-18-15(14)17/h4-10H,11H2,1-3H3. The molecule has 0 aliphatic carbocycles. The van der Waals surface area contributed by atoms with Gasteiger partial charge in [-0.05, 0) is 28.7 Å². The van der Waals surface area contributed by atoms with Crippen LogP contribution in [0.3, 0.4) is 0 Å². The molecule has 0 saturated heterocycles. The molecular formula is C16H18FNO. The highest BCUT2D eigenvalue weighted by Crippen LogP contribution is 2.22. The Hall–Kier alpha value is -1.90. The fourth-order valence-corrected chi connectivity index (χ4v) is 1.74. The van der Waals surface area contributed by atoms with Crippen LogP contribution in [0.1, 0.15) is 31.9 Å². The summed E-state index contributed by atoms with van der Waals surface area (Å²) in [5.74, 6) is -0.392. The van der Waals surface area contributed by atoms with Gasteiger partial charge in [0.25, 0.3) is 5.95 Å². The van der Waals surface area contributed by atoms with Gasteiger partial charge in [-0.3, -0.25) is 0 Å². The number of hydrogen-bond donors (Lipinski definition) is 0. The number of nitrogens with zero attached hydrogens (tertiary/aromatic N) is 1. The van der Waals surface area contributed by atoms with E-state index in [1.165, 1.54) is 11.8 Å². The van der Waals surface area contributed by atoms with E-state index >= 15 is 0 Å². The average molecular weight is 259 g/mol. The summed E-state index contributed by atoms with van der Waals surface area (Å²) in [7, 11) is 0. The molecule has 0 atom stereocenters. The zero-order valence-corrected chi connectivity index (χ0v) is 11.5. The van der Waals surface area contributed by atoms with E-state index in [-0.39, 0.29) is 11.2 Å². The lowest BCUT2D eigenvalue weighted by molar-refractivity contribution is 0.286. The predicted octanol–water partition coefficient (Wildman–Crippen LogP) is 4.10. The van der Waals surface area contributed by atoms with Crippen LogP contribution in [0.2, 0.25) is 0 Å². The lowest BCUT2D eigenvalue weighted by Crippen LogP contribution is -2.10. The number of pyridine rings is 1. The first-order valence-corrected chi connectivity index (χ1v) is 6.29. The molecule has 2 rings (SSSR count). The second-order valence-electron chi connectivity index (χ2n) is 5.53. The molecule has 2 aromatic rings. The molecule has 100 valence electrons. The summed E-state index contributed by atoms with van der Waals surface area (Å²) in [5, 5.41) is 0. The maximum atomic E-state index is 13.3. The van der Waals surface area contributed by atoms with Crippen molar-refractivity contribution in [3.63, 3.8) is 0 Å². The Morgan fingerprint density at radius 2 is 1.79 bits per heavy atom. The maximum absolute atomic E-state index is 13.3. The van der Waals surface area contributed by atoms with E-state index in [4.69, 9.17) is 4.74 Å². The topological polar surface area (TPSA) is 22.1 Å². The summed E-state index contributed by atoms with van der Waals surface area (Å²) in [5.41, 5.74) is 2.41. The first kappa shape index (κ1) is 13.5. The van der Waals surface area contributed by atoms with Gasteiger partial charge in [-0.15, -0.1) is 0 Å². The minimum atomic E-state index is -0.575. The van der Waals surface area contributed by atoms with Crippen molar-refractivity contribution in [1.82, 2.24) is 4.98 Å². The fraction of sp³-hybridized carbons (Fsp3) is 0.312. The van der Waals surface area contributed by atoms with E-state index in [0.717, 1.165) is 5.56 Å². The van der Waals surface area contributed by atoms with Crippen LogP contribution >= 0.6 is 0 Å². The Morgan fingerprint density at radius 1 is 1.11 bits per heavy atom. The second kappa shape index (κ2) is 5.39. The van der Waals surface area contributed by atoms with Gasteiger partial charge in [0.05, 0.1) is 0 Å². The Morgan fingerprint density at radius 3 is 2.37 bits per heavy atom. The molecule has 0 radical (unpaired) electrons. The van der Waals surface area contributed by atoms with Crippen LogP contribution in [0.5, 0.6) is 5.75 Å². The molecule has 19 heavy (non-hydrogen) atoms. The van der Waals surface area contributed by atoms with E-state index in [0.29, 0.717) is 6.61 Å². The number of ether oxygens (including phenoxy) is 1. The molecule has 3 heteroatoms. The number of hydrogen-bond acceptors (Lipinski definition) is 2. The summed E-state index contributed by atoms with van der Waals surface area (Å²) in [6, 6.07) is 11.4. The molecule has 0 aliphatic rings. The van der Waals surface area contributed by atoms with Gasteiger partial charge in [-0.2, -0.15) is 4.39 Å². The van der Waals surface area contributed by atoms with Crippen molar-refractivity contribution in [2.75, 3.05) is 0 Å². The summed E-state index contributed by atoms with van der Waals surface area (Å²) >= 11 is 0. The third kappa shape index (κ3) is 3.53. The van der Waals surface area contributed by atoms with Gasteiger partial charge >= 0.3 is 0 Å². The average Bonchev–Trinajstić information content (AvgIpc) is 2.37. The molecule has 1 heterocycles. The number of halogens is 1. The molecule has 2 nitrogen and oxygen atoms in total. The molecule has 0 aliphatic heterocycles. The van der Waals surface area contributed by atoms with Gasteiger partial charge in [-0.1, -0.05) is 45.0 Å². The van der Waals surface area contributed by atoms with Crippen LogP contribution in [0.15, 0.2) is 42.6 Å². The van der Waals surface area contributed by atoms with Crippen LogP contribution in [-0.2, 0) is 12.0 Å². The molecular weight excluding hydrogens is 241 g/mol. The van der Waals surface area contributed by atoms with Gasteiger partial charge in [0, 0.05) is 6.20 Å². The molecule has 0 N–H and O–H groups in total. The summed E-state index contributed by atoms with van der Waals surface area (Å²) < 4.78 is 18.7. The number of aromatic nitrogens is 1. The molecule has 0 fully saturated rings. The minimum absolute atomic E-state index is 0.134. The van der Waals surface area contributed by atoms with Crippen molar-refractivity contribution >= 4 is 0 Å². The summed E-state index contributed by atoms with van der Waals surface area (Å²) in [4.78, 5) is 3.55. The summed E-state index contributed by atoms with van der Waals surface area (Å²) in [6.45, 7) is 6.85. The lowest BCUT2D eigenvalue weighted by Gasteiger charge is -2.19. The van der Waals surface area contributed by atoms with Crippen molar-refractivity contribution in [3.05, 3.63) is 59.7 Å². The Labute approximate surface area is 113 Å². The number of rotatable bonds is 3. The van der Waals surface area contributed by atoms with E-state index in [1.54, 1.807) is 12.1 Å². The lowest BCUT2D eigenvalue weighted by atomic mass is 9.87. The third-order valence-electron chi connectivity index (χ3n) is 2.94. The molecule has 0 saturated carbocycles. The van der Waals surface area contributed by atoms with Crippen LogP contribution in [0.25, 0.3) is 0 Å². The highest BCUT2D eigenvalue weighted by molar-refractivity contribution is 5.27. The molecule has 0 unspecified atom stereocenters. The number of benzene rings is 1. The van der Waals surface area contributed by atoms with Gasteiger partial charge < -0.3 is 4.74 Å². The third-order valence-corrected chi connectivity index (χ3v) is 2.94. The largest absolute Gasteiger partial charge is 0.484 e. The smallest absolute Gasteiger partial charge is 0.255 e. The molecule has 1 aromatic carbocycles. The van der Waals surface area contributed by atoms with Crippen molar-refractivity contribution < 1.29 is 9.13 Å². The SMILES string of the molecule is CC(C)(C)c1ccc(COc2cccnc2F)cc1. The van der Waals surface area contributed by atoms with Crippen molar-refractivity contribution in [2.45, 2.75) is 32.8 Å². The highest BCUT2D eigenvalue weighted by Gasteiger charge is 2.12. The minimum Gasteiger partial charge on any atom is -0.484 e. The van der Waals surface area contributed by atoms with Gasteiger partial charge in [-0.25, -0.2) is 4.98 Å². The zero-order valence-electron chi connectivity index (χ0n) is 11.5. The van der Waals surface area contributed by atoms with E-state index < -0.39 is 5.95 Å². The highest BCUT2D eigenvalue weighted by atomic mass is 19.1. The van der Waals surface area contributed by atoms with Crippen LogP contribution in [0, 0.1) is 5.95 Å². The van der Waals surface area contributed by atoms with Crippen LogP contribution < -0.4 is 4.74 Å². The first-order chi connectivity index (χ1) is 8.97. The van der Waals surface area contributed by atoms with E-state index in [1.807, 2.05) is 12.1 Å². The molecule has 1 aromatic heterocycles. The monoisotopic (exact) mass is 259 g/mol. The Bertz CT molecular complexity index is 543. The van der Waals surface area contributed by atoms with Gasteiger partial charge in [0.2, 0.25) is 0 Å². The Balaban J connectivity index is 2.03. The van der Waals surface area contributed by atoms with Crippen molar-refractivity contribution in [1.29, 1.82) is 0 Å². The van der Waals surface area contributed by atoms with Crippen molar-refractivity contribution in [2.24, 2.45) is 0 Å². The van der Waals surface area contributed by atoms with Crippen molar-refractivity contribution in [3.8, 4) is 5.75 Å².